The number of aromatic amines is 1. The number of aromatic nitrogens is 5. The van der Waals surface area contributed by atoms with Crippen molar-refractivity contribution in [2.75, 3.05) is 7.05 Å². The van der Waals surface area contributed by atoms with Gasteiger partial charge in [-0.15, -0.1) is 0 Å². The van der Waals surface area contributed by atoms with E-state index in [1.807, 2.05) is 31.2 Å². The molecule has 0 unspecified atom stereocenters. The zero-order chi connectivity index (χ0) is 20.0. The second-order valence-corrected chi connectivity index (χ2v) is 7.55. The molecule has 0 aliphatic heterocycles. The molecule has 1 aliphatic carbocycles. The van der Waals surface area contributed by atoms with Crippen LogP contribution in [-0.4, -0.2) is 43.2 Å². The summed E-state index contributed by atoms with van der Waals surface area (Å²) in [7, 11) is 1.74. The van der Waals surface area contributed by atoms with Crippen molar-refractivity contribution in [1.82, 2.24) is 30.2 Å². The molecule has 1 aliphatic rings. The van der Waals surface area contributed by atoms with Gasteiger partial charge in [0.25, 0.3) is 5.91 Å². The Bertz CT molecular complexity index is 1190. The molecule has 8 nitrogen and oxygen atoms in total. The van der Waals surface area contributed by atoms with Gasteiger partial charge in [-0.3, -0.25) is 9.89 Å². The van der Waals surface area contributed by atoms with Gasteiger partial charge in [-0.25, -0.2) is 4.98 Å². The van der Waals surface area contributed by atoms with Crippen LogP contribution in [0.1, 0.15) is 46.4 Å². The number of pyridine rings is 1. The number of amides is 1. The molecule has 0 radical (unpaired) electrons. The van der Waals surface area contributed by atoms with Gasteiger partial charge in [-0.2, -0.15) is 10.1 Å². The van der Waals surface area contributed by atoms with Crippen LogP contribution in [0.25, 0.3) is 22.2 Å². The predicted octanol–water partition coefficient (Wildman–Crippen LogP) is 3.47. The van der Waals surface area contributed by atoms with Crippen LogP contribution in [0.4, 0.5) is 0 Å². The summed E-state index contributed by atoms with van der Waals surface area (Å²) in [6.07, 6.45) is 5.65. The molecule has 3 heterocycles. The van der Waals surface area contributed by atoms with Gasteiger partial charge in [0.15, 0.2) is 5.82 Å². The van der Waals surface area contributed by atoms with Crippen LogP contribution in [-0.2, 0) is 6.54 Å². The maximum Gasteiger partial charge on any atom is 0.254 e. The van der Waals surface area contributed by atoms with Crippen molar-refractivity contribution in [3.05, 3.63) is 59.5 Å². The highest BCUT2D eigenvalue weighted by Gasteiger charge is 2.30. The van der Waals surface area contributed by atoms with Crippen molar-refractivity contribution < 1.29 is 9.32 Å². The summed E-state index contributed by atoms with van der Waals surface area (Å²) in [5.74, 6) is 1.46. The van der Waals surface area contributed by atoms with Crippen LogP contribution in [0.15, 0.2) is 41.2 Å². The Morgan fingerprint density at radius 2 is 2.14 bits per heavy atom. The quantitative estimate of drug-likeness (QED) is 0.562. The third kappa shape index (κ3) is 3.37. The Hall–Kier alpha value is -3.55. The van der Waals surface area contributed by atoms with Crippen molar-refractivity contribution in [2.45, 2.75) is 32.2 Å². The highest BCUT2D eigenvalue weighted by atomic mass is 16.5. The minimum Gasteiger partial charge on any atom is -0.339 e. The Kier molecular flexibility index (Phi) is 4.12. The summed E-state index contributed by atoms with van der Waals surface area (Å²) < 4.78 is 5.31. The first-order valence-electron chi connectivity index (χ1n) is 9.57. The maximum absolute atomic E-state index is 13.3. The molecule has 1 amide bonds. The molecule has 1 fully saturated rings. The van der Waals surface area contributed by atoms with Crippen LogP contribution < -0.4 is 0 Å². The van der Waals surface area contributed by atoms with E-state index in [9.17, 15) is 4.79 Å². The normalized spacial score (nSPS) is 13.7. The van der Waals surface area contributed by atoms with Crippen LogP contribution in [0.2, 0.25) is 0 Å². The number of fused-ring (bicyclic) bond motifs is 1. The number of H-pyrrole nitrogens is 1. The van der Waals surface area contributed by atoms with E-state index in [1.54, 1.807) is 24.3 Å². The summed E-state index contributed by atoms with van der Waals surface area (Å²) in [5, 5.41) is 11.6. The van der Waals surface area contributed by atoms with Crippen LogP contribution >= 0.6 is 0 Å². The Morgan fingerprint density at radius 1 is 1.28 bits per heavy atom. The number of carbonyl (C=O) groups is 1. The molecule has 0 saturated heterocycles. The Labute approximate surface area is 166 Å². The molecule has 0 spiro atoms. The Morgan fingerprint density at radius 3 is 2.90 bits per heavy atom. The molecule has 146 valence electrons. The smallest absolute Gasteiger partial charge is 0.254 e. The van der Waals surface area contributed by atoms with Crippen LogP contribution in [0.3, 0.4) is 0 Å². The molecule has 29 heavy (non-hydrogen) atoms. The average molecular weight is 388 g/mol. The number of hydrogen-bond donors (Lipinski definition) is 1. The van der Waals surface area contributed by atoms with E-state index in [4.69, 9.17) is 9.51 Å². The fraction of sp³-hybridized carbons (Fsp3) is 0.286. The maximum atomic E-state index is 13.3. The molecule has 0 bridgehead atoms. The average Bonchev–Trinajstić information content (AvgIpc) is 3.22. The first-order valence-corrected chi connectivity index (χ1v) is 9.57. The number of rotatable bonds is 5. The second-order valence-electron chi connectivity index (χ2n) is 7.55. The van der Waals surface area contributed by atoms with Gasteiger partial charge in [-0.05, 0) is 37.5 Å². The van der Waals surface area contributed by atoms with Crippen molar-refractivity contribution in [1.29, 1.82) is 0 Å². The molecule has 1 saturated carbocycles. The molecule has 8 heteroatoms. The zero-order valence-electron chi connectivity index (χ0n) is 16.2. The largest absolute Gasteiger partial charge is 0.339 e. The molecular weight excluding hydrogens is 368 g/mol. The molecule has 3 aromatic heterocycles. The summed E-state index contributed by atoms with van der Waals surface area (Å²) >= 11 is 0. The summed E-state index contributed by atoms with van der Waals surface area (Å²) in [5.41, 5.74) is 3.97. The highest BCUT2D eigenvalue weighted by Crippen LogP contribution is 2.38. The number of nitrogens with one attached hydrogen (secondary N) is 1. The lowest BCUT2D eigenvalue weighted by atomic mass is 10.0. The van der Waals surface area contributed by atoms with Crippen LogP contribution in [0.5, 0.6) is 0 Å². The van der Waals surface area contributed by atoms with Gasteiger partial charge >= 0.3 is 0 Å². The van der Waals surface area contributed by atoms with Gasteiger partial charge in [-0.1, -0.05) is 17.3 Å². The van der Waals surface area contributed by atoms with E-state index < -0.39 is 0 Å². The van der Waals surface area contributed by atoms with Gasteiger partial charge in [0.2, 0.25) is 5.89 Å². The van der Waals surface area contributed by atoms with E-state index in [1.165, 1.54) is 0 Å². The molecular formula is C21H20N6O2. The van der Waals surface area contributed by atoms with Gasteiger partial charge in [0.1, 0.15) is 0 Å². The molecule has 5 rings (SSSR count). The zero-order valence-corrected chi connectivity index (χ0v) is 16.2. The number of carbonyl (C=O) groups excluding carboxylic acids is 1. The van der Waals surface area contributed by atoms with Crippen molar-refractivity contribution in [2.24, 2.45) is 0 Å². The van der Waals surface area contributed by atoms with Crippen LogP contribution in [0, 0.1) is 6.92 Å². The van der Waals surface area contributed by atoms with Gasteiger partial charge in [0.05, 0.1) is 29.5 Å². The van der Waals surface area contributed by atoms with E-state index in [0.29, 0.717) is 28.9 Å². The van der Waals surface area contributed by atoms with Gasteiger partial charge < -0.3 is 9.42 Å². The molecule has 4 aromatic rings. The first-order chi connectivity index (χ1) is 14.1. The summed E-state index contributed by atoms with van der Waals surface area (Å²) in [6, 6.07) is 7.72. The first kappa shape index (κ1) is 17.5. The molecule has 1 N–H and O–H groups in total. The fourth-order valence-electron chi connectivity index (χ4n) is 3.37. The molecule has 0 atom stereocenters. The molecule has 1 aromatic carbocycles. The number of hydrogen-bond acceptors (Lipinski definition) is 6. The standard InChI is InChI=1S/C21H20N6O2/c1-12-3-6-15-16(8-17(24-18(15)7-12)14-9-22-23-10-14)21(28)27(2)11-19-25-20(29-26-19)13-4-5-13/h3,6-10,13H,4-5,11H2,1-2H3,(H,22,23). The van der Waals surface area contributed by atoms with Crippen molar-refractivity contribution in [3.8, 4) is 11.3 Å². The highest BCUT2D eigenvalue weighted by molar-refractivity contribution is 6.07. The number of aryl methyl sites for hydroxylation is 1. The lowest BCUT2D eigenvalue weighted by Crippen LogP contribution is -2.27. The third-order valence-electron chi connectivity index (χ3n) is 5.13. The van der Waals surface area contributed by atoms with Crippen molar-refractivity contribution in [3.63, 3.8) is 0 Å². The topological polar surface area (TPSA) is 101 Å². The summed E-state index contributed by atoms with van der Waals surface area (Å²) in [4.78, 5) is 24.1. The minimum atomic E-state index is -0.122. The fourth-order valence-corrected chi connectivity index (χ4v) is 3.37. The minimum absolute atomic E-state index is 0.122. The van der Waals surface area contributed by atoms with Gasteiger partial charge in [0, 0.05) is 30.1 Å². The Balaban J connectivity index is 1.50. The van der Waals surface area contributed by atoms with E-state index >= 15 is 0 Å². The van der Waals surface area contributed by atoms with E-state index in [-0.39, 0.29) is 12.5 Å². The second kappa shape index (κ2) is 6.80. The van der Waals surface area contributed by atoms with E-state index in [2.05, 4.69) is 20.3 Å². The number of nitrogens with zero attached hydrogens (tertiary/aromatic N) is 5. The lowest BCUT2D eigenvalue weighted by Gasteiger charge is -2.17. The van der Waals surface area contributed by atoms with Crippen molar-refractivity contribution >= 4 is 16.8 Å². The number of benzene rings is 1. The van der Waals surface area contributed by atoms with E-state index in [0.717, 1.165) is 34.9 Å². The lowest BCUT2D eigenvalue weighted by molar-refractivity contribution is 0.0782. The predicted molar refractivity (Wildman–Crippen MR) is 106 cm³/mol. The summed E-state index contributed by atoms with van der Waals surface area (Å²) in [6.45, 7) is 2.29. The third-order valence-corrected chi connectivity index (χ3v) is 5.13. The SMILES string of the molecule is Cc1ccc2c(C(=O)N(C)Cc3noc(C4CC4)n3)cc(-c3cn[nH]c3)nc2c1. The monoisotopic (exact) mass is 388 g/mol.